The van der Waals surface area contributed by atoms with Gasteiger partial charge in [-0.15, -0.1) is 11.3 Å². The number of likely N-dealkylation sites (tertiary alicyclic amines) is 1. The van der Waals surface area contributed by atoms with E-state index >= 15 is 0 Å². The Morgan fingerprint density at radius 3 is 2.55 bits per heavy atom. The van der Waals surface area contributed by atoms with E-state index < -0.39 is 0 Å². The lowest BCUT2D eigenvalue weighted by Crippen LogP contribution is -2.42. The minimum absolute atomic E-state index is 0.0478. The molecule has 1 fully saturated rings. The summed E-state index contributed by atoms with van der Waals surface area (Å²) in [5, 5.41) is 15.5. The van der Waals surface area contributed by atoms with Gasteiger partial charge in [-0.25, -0.2) is 4.98 Å². The zero-order valence-corrected chi connectivity index (χ0v) is 18.4. The largest absolute Gasteiger partial charge is 0.508 e. The fourth-order valence-corrected chi connectivity index (χ4v) is 4.90. The van der Waals surface area contributed by atoms with E-state index in [-0.39, 0.29) is 11.9 Å². The molecule has 2 heterocycles. The molecule has 1 atom stereocenters. The van der Waals surface area contributed by atoms with Crippen molar-refractivity contribution in [3.05, 3.63) is 82.3 Å². The average molecular weight is 436 g/mol. The topological polar surface area (TPSA) is 65.5 Å². The molecule has 3 aromatic rings. The summed E-state index contributed by atoms with van der Waals surface area (Å²) >= 11 is 1.57. The Labute approximate surface area is 187 Å². The number of rotatable bonds is 8. The number of nitrogens with zero attached hydrogens (tertiary/aromatic N) is 2. The number of aryl methyl sites for hydroxylation is 1. The molecule has 4 rings (SSSR count). The van der Waals surface area contributed by atoms with Gasteiger partial charge in [0, 0.05) is 11.6 Å². The van der Waals surface area contributed by atoms with Crippen molar-refractivity contribution in [2.24, 2.45) is 5.92 Å². The van der Waals surface area contributed by atoms with Gasteiger partial charge in [-0.1, -0.05) is 42.5 Å². The molecule has 1 aromatic heterocycles. The van der Waals surface area contributed by atoms with E-state index in [2.05, 4.69) is 15.2 Å². The molecule has 5 nitrogen and oxygen atoms in total. The number of phenols is 1. The number of thiazole rings is 1. The van der Waals surface area contributed by atoms with E-state index in [9.17, 15) is 9.90 Å². The van der Waals surface area contributed by atoms with Crippen LogP contribution in [0.25, 0.3) is 0 Å². The van der Waals surface area contributed by atoms with E-state index in [1.54, 1.807) is 29.7 Å². The Hall–Kier alpha value is -2.70. The number of hydrogen-bond donors (Lipinski definition) is 2. The Kier molecular flexibility index (Phi) is 7.33. The summed E-state index contributed by atoms with van der Waals surface area (Å²) in [6, 6.07) is 17.3. The molecule has 1 aliphatic rings. The van der Waals surface area contributed by atoms with Crippen LogP contribution in [0.2, 0.25) is 0 Å². The normalized spacial score (nSPS) is 16.1. The number of nitrogens with one attached hydrogen (secondary N) is 1. The summed E-state index contributed by atoms with van der Waals surface area (Å²) in [5.74, 6) is 1.06. The van der Waals surface area contributed by atoms with Crippen molar-refractivity contribution in [3.63, 3.8) is 0 Å². The summed E-state index contributed by atoms with van der Waals surface area (Å²) in [7, 11) is 0. The predicted molar refractivity (Wildman–Crippen MR) is 124 cm³/mol. The highest BCUT2D eigenvalue weighted by Crippen LogP contribution is 2.25. The third-order valence-corrected chi connectivity index (χ3v) is 6.83. The lowest BCUT2D eigenvalue weighted by molar-refractivity contribution is -0.123. The quantitative estimate of drug-likeness (QED) is 0.550. The van der Waals surface area contributed by atoms with Crippen LogP contribution in [0.15, 0.2) is 66.2 Å². The van der Waals surface area contributed by atoms with Gasteiger partial charge in [0.15, 0.2) is 0 Å². The van der Waals surface area contributed by atoms with Gasteiger partial charge in [0.2, 0.25) is 5.91 Å². The van der Waals surface area contributed by atoms with Crippen molar-refractivity contribution < 1.29 is 9.90 Å². The van der Waals surface area contributed by atoms with Crippen LogP contribution in [-0.4, -0.2) is 40.5 Å². The summed E-state index contributed by atoms with van der Waals surface area (Å²) < 4.78 is 0. The van der Waals surface area contributed by atoms with Crippen LogP contribution in [0.3, 0.4) is 0 Å². The molecule has 6 heteroatoms. The maximum Gasteiger partial charge on any atom is 0.235 e. The third kappa shape index (κ3) is 6.15. The lowest BCUT2D eigenvalue weighted by Gasteiger charge is -2.32. The van der Waals surface area contributed by atoms with Crippen LogP contribution in [0.5, 0.6) is 5.75 Å². The van der Waals surface area contributed by atoms with E-state index in [0.29, 0.717) is 18.2 Å². The number of phenolic OH excluding ortho intramolecular Hbond substituents is 1. The summed E-state index contributed by atoms with van der Waals surface area (Å²) in [5.41, 5.74) is 2.33. The van der Waals surface area contributed by atoms with Crippen molar-refractivity contribution in [2.45, 2.75) is 31.7 Å². The molecule has 1 amide bonds. The maximum atomic E-state index is 12.8. The molecule has 162 valence electrons. The second-order valence-corrected chi connectivity index (χ2v) is 9.13. The fraction of sp³-hybridized carbons (Fsp3) is 0.360. The number of carbonyl (C=O) groups excluding carboxylic acids is 1. The zero-order chi connectivity index (χ0) is 21.5. The van der Waals surface area contributed by atoms with Crippen molar-refractivity contribution in [1.82, 2.24) is 15.2 Å². The zero-order valence-electron chi connectivity index (χ0n) is 17.6. The summed E-state index contributed by atoms with van der Waals surface area (Å²) in [4.78, 5) is 19.5. The van der Waals surface area contributed by atoms with Gasteiger partial charge in [0.05, 0.1) is 6.54 Å². The minimum atomic E-state index is -0.198. The molecule has 2 N–H and O–H groups in total. The first kappa shape index (κ1) is 21.5. The molecule has 1 aliphatic heterocycles. The summed E-state index contributed by atoms with van der Waals surface area (Å²) in [6.07, 6.45) is 6.23. The molecule has 31 heavy (non-hydrogen) atoms. The molecular formula is C25H29N3O2S. The van der Waals surface area contributed by atoms with Crippen molar-refractivity contribution in [3.8, 4) is 5.75 Å². The molecule has 0 spiro atoms. The standard InChI is InChI=1S/C25H29N3O2S/c29-22-10-8-19(9-11-22)6-7-20-12-15-28(16-13-20)18-23(30)27-24(25-26-14-17-31-25)21-4-2-1-3-5-21/h1-5,8-11,14,17,20,24,29H,6-7,12-13,15-16,18H2,(H,27,30). The number of carbonyl (C=O) groups is 1. The predicted octanol–water partition coefficient (Wildman–Crippen LogP) is 4.40. The molecule has 2 aromatic carbocycles. The monoisotopic (exact) mass is 435 g/mol. The van der Waals surface area contributed by atoms with E-state index in [1.165, 1.54) is 5.56 Å². The molecule has 1 saturated heterocycles. The van der Waals surface area contributed by atoms with Crippen LogP contribution in [0.1, 0.15) is 41.4 Å². The van der Waals surface area contributed by atoms with Crippen LogP contribution >= 0.6 is 11.3 Å². The Morgan fingerprint density at radius 1 is 1.13 bits per heavy atom. The molecular weight excluding hydrogens is 406 g/mol. The number of amides is 1. The van der Waals surface area contributed by atoms with E-state index in [0.717, 1.165) is 49.3 Å². The lowest BCUT2D eigenvalue weighted by atomic mass is 9.90. The minimum Gasteiger partial charge on any atom is -0.508 e. The number of benzene rings is 2. The second-order valence-electron chi connectivity index (χ2n) is 8.21. The third-order valence-electron chi connectivity index (χ3n) is 5.99. The van der Waals surface area contributed by atoms with Crippen LogP contribution in [-0.2, 0) is 11.2 Å². The van der Waals surface area contributed by atoms with Gasteiger partial charge in [0.25, 0.3) is 0 Å². The highest BCUT2D eigenvalue weighted by Gasteiger charge is 2.23. The van der Waals surface area contributed by atoms with E-state index in [1.807, 2.05) is 47.8 Å². The number of piperidine rings is 1. The van der Waals surface area contributed by atoms with Gasteiger partial charge >= 0.3 is 0 Å². The van der Waals surface area contributed by atoms with E-state index in [4.69, 9.17) is 0 Å². The number of hydrogen-bond acceptors (Lipinski definition) is 5. The highest BCUT2D eigenvalue weighted by atomic mass is 32.1. The van der Waals surface area contributed by atoms with Crippen molar-refractivity contribution in [1.29, 1.82) is 0 Å². The number of aromatic hydroxyl groups is 1. The van der Waals surface area contributed by atoms with Crippen molar-refractivity contribution >= 4 is 17.2 Å². The van der Waals surface area contributed by atoms with Gasteiger partial charge < -0.3 is 10.4 Å². The fourth-order valence-electron chi connectivity index (χ4n) is 4.19. The Morgan fingerprint density at radius 2 is 1.87 bits per heavy atom. The van der Waals surface area contributed by atoms with Crippen molar-refractivity contribution in [2.75, 3.05) is 19.6 Å². The first-order valence-electron chi connectivity index (χ1n) is 10.9. The molecule has 0 aliphatic carbocycles. The SMILES string of the molecule is O=C(CN1CCC(CCc2ccc(O)cc2)CC1)NC(c1ccccc1)c1nccs1. The smallest absolute Gasteiger partial charge is 0.235 e. The van der Waals surface area contributed by atoms with Gasteiger partial charge in [-0.2, -0.15) is 0 Å². The Balaban J connectivity index is 1.25. The first-order valence-corrected chi connectivity index (χ1v) is 11.8. The second kappa shape index (κ2) is 10.6. The molecule has 0 radical (unpaired) electrons. The highest BCUT2D eigenvalue weighted by molar-refractivity contribution is 7.09. The van der Waals surface area contributed by atoms with Gasteiger partial charge in [0.1, 0.15) is 16.8 Å². The van der Waals surface area contributed by atoms with Crippen LogP contribution in [0.4, 0.5) is 0 Å². The average Bonchev–Trinajstić information content (AvgIpc) is 3.33. The first-order chi connectivity index (χ1) is 15.2. The molecule has 0 bridgehead atoms. The Bertz CT molecular complexity index is 937. The molecule has 1 unspecified atom stereocenters. The van der Waals surface area contributed by atoms with Crippen LogP contribution in [0, 0.1) is 5.92 Å². The maximum absolute atomic E-state index is 12.8. The number of aromatic nitrogens is 1. The van der Waals surface area contributed by atoms with Gasteiger partial charge in [-0.05, 0) is 68.0 Å². The summed E-state index contributed by atoms with van der Waals surface area (Å²) in [6.45, 7) is 2.35. The van der Waals surface area contributed by atoms with Gasteiger partial charge in [-0.3, -0.25) is 9.69 Å². The molecule has 0 saturated carbocycles. The van der Waals surface area contributed by atoms with Crippen LogP contribution < -0.4 is 5.32 Å².